The molecule has 0 bridgehead atoms. The van der Waals surface area contributed by atoms with Crippen LogP contribution in [-0.4, -0.2) is 57.8 Å². The van der Waals surface area contributed by atoms with E-state index >= 15 is 0 Å². The van der Waals surface area contributed by atoms with Gasteiger partial charge in [0.15, 0.2) is 0 Å². The summed E-state index contributed by atoms with van der Waals surface area (Å²) in [5.74, 6) is -0.0227. The van der Waals surface area contributed by atoms with E-state index < -0.39 is 10.0 Å². The quantitative estimate of drug-likeness (QED) is 0.670. The van der Waals surface area contributed by atoms with Gasteiger partial charge >= 0.3 is 0 Å². The lowest BCUT2D eigenvalue weighted by molar-refractivity contribution is -0.129. The van der Waals surface area contributed by atoms with Gasteiger partial charge in [0.25, 0.3) is 10.0 Å². The highest BCUT2D eigenvalue weighted by Gasteiger charge is 2.27. The summed E-state index contributed by atoms with van der Waals surface area (Å²) in [6, 6.07) is 11.5. The monoisotopic (exact) mass is 435 g/mol. The third-order valence-corrected chi connectivity index (χ3v) is 8.62. The number of thiophene rings is 1. The highest BCUT2D eigenvalue weighted by atomic mass is 32.2. The van der Waals surface area contributed by atoms with E-state index in [1.165, 1.54) is 11.3 Å². The van der Waals surface area contributed by atoms with Crippen LogP contribution < -0.4 is 4.90 Å². The zero-order valence-electron chi connectivity index (χ0n) is 17.3. The molecule has 0 spiro atoms. The minimum Gasteiger partial charge on any atom is -0.378 e. The number of anilines is 1. The van der Waals surface area contributed by atoms with Crippen molar-refractivity contribution in [2.75, 3.05) is 39.1 Å². The van der Waals surface area contributed by atoms with Crippen molar-refractivity contribution in [3.05, 3.63) is 46.8 Å². The fourth-order valence-electron chi connectivity index (χ4n) is 3.37. The fraction of sp³-hybridized carbons (Fsp3) is 0.476. The molecule has 1 saturated heterocycles. The lowest BCUT2D eigenvalue weighted by Crippen LogP contribution is -2.35. The smallest absolute Gasteiger partial charge is 0.252 e. The Labute approximate surface area is 177 Å². The summed E-state index contributed by atoms with van der Waals surface area (Å²) < 4.78 is 27.5. The first-order chi connectivity index (χ1) is 13.8. The van der Waals surface area contributed by atoms with E-state index in [0.717, 1.165) is 35.4 Å². The Morgan fingerprint density at radius 3 is 2.28 bits per heavy atom. The third-order valence-electron chi connectivity index (χ3n) is 5.17. The SMILES string of the molecule is CN(Cc1ccc(N(C)C)cc1)C(=O)Cc1ccc(S(=O)(=O)N2CCCCC2)s1. The van der Waals surface area contributed by atoms with Crippen molar-refractivity contribution in [3.63, 3.8) is 0 Å². The number of hydrogen-bond donors (Lipinski definition) is 0. The summed E-state index contributed by atoms with van der Waals surface area (Å²) in [5.41, 5.74) is 2.18. The highest BCUT2D eigenvalue weighted by molar-refractivity contribution is 7.91. The standard InChI is InChI=1S/C21H29N3O3S2/c1-22(2)18-9-7-17(8-10-18)16-23(3)20(25)15-19-11-12-21(28-19)29(26,27)24-13-5-4-6-14-24/h7-12H,4-6,13-16H2,1-3H3. The van der Waals surface area contributed by atoms with Gasteiger partial charge in [0.2, 0.25) is 5.91 Å². The van der Waals surface area contributed by atoms with Crippen molar-refractivity contribution >= 4 is 33.0 Å². The molecular formula is C21H29N3O3S2. The lowest BCUT2D eigenvalue weighted by atomic mass is 10.2. The summed E-state index contributed by atoms with van der Waals surface area (Å²) in [4.78, 5) is 17.1. The Morgan fingerprint density at radius 1 is 1.00 bits per heavy atom. The molecule has 0 saturated carbocycles. The normalized spacial score (nSPS) is 15.3. The third kappa shape index (κ3) is 5.38. The molecule has 2 aromatic rings. The van der Waals surface area contributed by atoms with Gasteiger partial charge in [0.05, 0.1) is 6.42 Å². The lowest BCUT2D eigenvalue weighted by Gasteiger charge is -2.25. The molecule has 29 heavy (non-hydrogen) atoms. The molecule has 2 heterocycles. The number of rotatable bonds is 7. The van der Waals surface area contributed by atoms with Crippen LogP contribution in [0.3, 0.4) is 0 Å². The summed E-state index contributed by atoms with van der Waals surface area (Å²) in [7, 11) is 2.33. The first kappa shape index (κ1) is 21.8. The molecule has 0 aliphatic carbocycles. The van der Waals surface area contributed by atoms with Gasteiger partial charge < -0.3 is 9.80 Å². The van der Waals surface area contributed by atoms with Gasteiger partial charge in [0.1, 0.15) is 4.21 Å². The summed E-state index contributed by atoms with van der Waals surface area (Å²) in [6.45, 7) is 1.70. The van der Waals surface area contributed by atoms with E-state index in [9.17, 15) is 13.2 Å². The summed E-state index contributed by atoms with van der Waals surface area (Å²) >= 11 is 1.21. The highest BCUT2D eigenvalue weighted by Crippen LogP contribution is 2.27. The van der Waals surface area contributed by atoms with E-state index in [1.807, 2.05) is 43.3 Å². The number of nitrogens with zero attached hydrogens (tertiary/aromatic N) is 3. The first-order valence-corrected chi connectivity index (χ1v) is 12.1. The first-order valence-electron chi connectivity index (χ1n) is 9.86. The van der Waals surface area contributed by atoms with E-state index in [-0.39, 0.29) is 12.3 Å². The Kier molecular flexibility index (Phi) is 6.97. The van der Waals surface area contributed by atoms with Crippen LogP contribution in [0.4, 0.5) is 5.69 Å². The fourth-order valence-corrected chi connectivity index (χ4v) is 6.39. The van der Waals surface area contributed by atoms with Crippen LogP contribution >= 0.6 is 11.3 Å². The molecule has 1 aliphatic heterocycles. The Hall–Kier alpha value is -1.90. The van der Waals surface area contributed by atoms with Crippen LogP contribution in [0, 0.1) is 0 Å². The van der Waals surface area contributed by atoms with Crippen LogP contribution in [0.15, 0.2) is 40.6 Å². The van der Waals surface area contributed by atoms with Crippen LogP contribution in [0.25, 0.3) is 0 Å². The second kappa shape index (κ2) is 9.28. The summed E-state index contributed by atoms with van der Waals surface area (Å²) in [5, 5.41) is 0. The molecule has 8 heteroatoms. The number of piperidine rings is 1. The molecule has 3 rings (SSSR count). The number of carbonyl (C=O) groups excluding carboxylic acids is 1. The van der Waals surface area contributed by atoms with Crippen molar-refractivity contribution < 1.29 is 13.2 Å². The maximum absolute atomic E-state index is 12.8. The topological polar surface area (TPSA) is 60.9 Å². The largest absolute Gasteiger partial charge is 0.378 e. The Balaban J connectivity index is 1.60. The molecule has 1 fully saturated rings. The average Bonchev–Trinajstić information content (AvgIpc) is 3.18. The second-order valence-corrected chi connectivity index (χ2v) is 11.0. The van der Waals surface area contributed by atoms with Crippen LogP contribution in [0.2, 0.25) is 0 Å². The Bertz CT molecular complexity index is 930. The summed E-state index contributed by atoms with van der Waals surface area (Å²) in [6.07, 6.45) is 3.12. The van der Waals surface area contributed by atoms with E-state index in [1.54, 1.807) is 28.4 Å². The van der Waals surface area contributed by atoms with Crippen molar-refractivity contribution in [2.45, 2.75) is 36.4 Å². The van der Waals surface area contributed by atoms with Crippen LogP contribution in [0.1, 0.15) is 29.7 Å². The molecule has 0 unspecified atom stereocenters. The van der Waals surface area contributed by atoms with E-state index in [4.69, 9.17) is 0 Å². The van der Waals surface area contributed by atoms with Crippen LogP contribution in [-0.2, 0) is 27.8 Å². The van der Waals surface area contributed by atoms with Gasteiger partial charge in [0, 0.05) is 51.3 Å². The maximum Gasteiger partial charge on any atom is 0.252 e. The zero-order chi connectivity index (χ0) is 21.0. The number of likely N-dealkylation sites (N-methyl/N-ethyl adjacent to an activating group) is 1. The second-order valence-electron chi connectivity index (χ2n) is 7.67. The molecule has 1 amide bonds. The van der Waals surface area contributed by atoms with Crippen LogP contribution in [0.5, 0.6) is 0 Å². The van der Waals surface area contributed by atoms with Gasteiger partial charge in [-0.2, -0.15) is 4.31 Å². The molecule has 0 atom stereocenters. The number of benzene rings is 1. The number of carbonyl (C=O) groups is 1. The molecule has 1 aromatic carbocycles. The minimum atomic E-state index is -3.43. The van der Waals surface area contributed by atoms with Crippen molar-refractivity contribution in [3.8, 4) is 0 Å². The molecular weight excluding hydrogens is 406 g/mol. The number of amides is 1. The van der Waals surface area contributed by atoms with Crippen molar-refractivity contribution in [2.24, 2.45) is 0 Å². The minimum absolute atomic E-state index is 0.0227. The van der Waals surface area contributed by atoms with Gasteiger partial charge in [-0.25, -0.2) is 8.42 Å². The molecule has 6 nitrogen and oxygen atoms in total. The number of sulfonamides is 1. The molecule has 1 aliphatic rings. The Morgan fingerprint density at radius 2 is 1.66 bits per heavy atom. The predicted molar refractivity (Wildman–Crippen MR) is 118 cm³/mol. The predicted octanol–water partition coefficient (Wildman–Crippen LogP) is 3.19. The average molecular weight is 436 g/mol. The zero-order valence-corrected chi connectivity index (χ0v) is 18.9. The van der Waals surface area contributed by atoms with Gasteiger partial charge in [-0.05, 0) is 42.7 Å². The molecule has 1 aromatic heterocycles. The van der Waals surface area contributed by atoms with Gasteiger partial charge in [-0.3, -0.25) is 4.79 Å². The van der Waals surface area contributed by atoms with Gasteiger partial charge in [-0.1, -0.05) is 18.6 Å². The van der Waals surface area contributed by atoms with Gasteiger partial charge in [-0.15, -0.1) is 11.3 Å². The molecule has 0 radical (unpaired) electrons. The van der Waals surface area contributed by atoms with E-state index in [0.29, 0.717) is 23.8 Å². The molecule has 158 valence electrons. The molecule has 0 N–H and O–H groups in total. The maximum atomic E-state index is 12.8. The van der Waals surface area contributed by atoms with Crippen molar-refractivity contribution in [1.82, 2.24) is 9.21 Å². The number of hydrogen-bond acceptors (Lipinski definition) is 5. The van der Waals surface area contributed by atoms with E-state index in [2.05, 4.69) is 0 Å². The van der Waals surface area contributed by atoms with Crippen molar-refractivity contribution in [1.29, 1.82) is 0 Å².